The predicted molar refractivity (Wildman–Crippen MR) is 116 cm³/mol. The van der Waals surface area contributed by atoms with E-state index in [0.717, 1.165) is 37.9 Å². The number of hydrogen-bond donors (Lipinski definition) is 1. The molecule has 8 heteroatoms. The summed E-state index contributed by atoms with van der Waals surface area (Å²) < 4.78 is 36.5. The number of ketones is 1. The molecule has 2 fully saturated rings. The van der Waals surface area contributed by atoms with E-state index in [-0.39, 0.29) is 17.1 Å². The van der Waals surface area contributed by atoms with Crippen LogP contribution in [0.25, 0.3) is 0 Å². The van der Waals surface area contributed by atoms with E-state index >= 15 is 0 Å². The number of ether oxygens (including phenoxy) is 2. The summed E-state index contributed by atoms with van der Waals surface area (Å²) in [5.74, 6) is 1.57. The molecule has 1 saturated carbocycles. The first-order chi connectivity index (χ1) is 13.8. The zero-order valence-corrected chi connectivity index (χ0v) is 18.8. The first-order valence-corrected chi connectivity index (χ1v) is 13.0. The third kappa shape index (κ3) is 7.27. The van der Waals surface area contributed by atoms with Crippen LogP contribution in [0.3, 0.4) is 0 Å². The molecule has 0 bridgehead atoms. The van der Waals surface area contributed by atoms with E-state index in [4.69, 9.17) is 9.47 Å². The highest BCUT2D eigenvalue weighted by Gasteiger charge is 2.33. The smallest absolute Gasteiger partial charge is 0.208 e. The summed E-state index contributed by atoms with van der Waals surface area (Å²) in [4.78, 5) is 12.4. The third-order valence-corrected chi connectivity index (χ3v) is 7.80. The Hall–Kier alpha value is -1.09. The monoisotopic (exact) mass is 441 g/mol. The summed E-state index contributed by atoms with van der Waals surface area (Å²) >= 11 is 1.73. The number of sulfonamides is 1. The molecule has 162 valence electrons. The van der Waals surface area contributed by atoms with Crippen LogP contribution in [0.15, 0.2) is 24.3 Å². The number of carbonyl (C=O) groups excluding carboxylic acids is 1. The van der Waals surface area contributed by atoms with E-state index in [1.807, 2.05) is 18.2 Å². The molecular formula is C21H31NO5S2. The minimum atomic E-state index is -3.14. The standard InChI is InChI=1S/C21H31NO5S2/c1-26-18-5-3-4-16(10-18)11-19-12-20(23)21(28-19)14-27-13-15-6-8-17(9-7-15)22-29(2,24)25/h3-5,10,15,17,19,21-22H,6-9,11-14H2,1-2H3/t15?,17?,19?,21-/m0/s1. The molecule has 1 aromatic rings. The second kappa shape index (κ2) is 10.3. The molecule has 0 amide bonds. The first-order valence-electron chi connectivity index (χ1n) is 10.2. The molecule has 1 N–H and O–H groups in total. The van der Waals surface area contributed by atoms with Gasteiger partial charge in [-0.15, -0.1) is 11.8 Å². The van der Waals surface area contributed by atoms with Crippen LogP contribution in [0, 0.1) is 5.92 Å². The predicted octanol–water partition coefficient (Wildman–Crippen LogP) is 2.81. The highest BCUT2D eigenvalue weighted by molar-refractivity contribution is 8.01. The fraction of sp³-hybridized carbons (Fsp3) is 0.667. The number of hydrogen-bond acceptors (Lipinski definition) is 6. The molecule has 1 unspecified atom stereocenters. The summed E-state index contributed by atoms with van der Waals surface area (Å²) in [5, 5.41) is 0.217. The maximum absolute atomic E-state index is 12.4. The third-order valence-electron chi connectivity index (χ3n) is 5.59. The van der Waals surface area contributed by atoms with Crippen molar-refractivity contribution in [1.29, 1.82) is 0 Å². The minimum absolute atomic E-state index is 0.0468. The highest BCUT2D eigenvalue weighted by atomic mass is 32.2. The lowest BCUT2D eigenvalue weighted by Gasteiger charge is -2.28. The SMILES string of the molecule is COc1cccc(CC2CC(=O)[C@H](COCC3CCC(NS(C)(=O)=O)CC3)S2)c1. The van der Waals surface area contributed by atoms with Crippen LogP contribution in [0.1, 0.15) is 37.7 Å². The average Bonchev–Trinajstić information content (AvgIpc) is 3.01. The molecule has 0 aromatic heterocycles. The van der Waals surface area contributed by atoms with Gasteiger partial charge in [0, 0.05) is 24.3 Å². The molecule has 1 saturated heterocycles. The molecule has 2 atom stereocenters. The van der Waals surface area contributed by atoms with Crippen molar-refractivity contribution in [2.45, 2.75) is 55.1 Å². The Morgan fingerprint density at radius 2 is 1.93 bits per heavy atom. The van der Waals surface area contributed by atoms with E-state index in [0.29, 0.717) is 30.8 Å². The lowest BCUT2D eigenvalue weighted by atomic mass is 9.87. The van der Waals surface area contributed by atoms with Crippen molar-refractivity contribution >= 4 is 27.6 Å². The van der Waals surface area contributed by atoms with Crippen LogP contribution in [0.5, 0.6) is 5.75 Å². The zero-order chi connectivity index (χ0) is 20.9. The molecule has 6 nitrogen and oxygen atoms in total. The zero-order valence-electron chi connectivity index (χ0n) is 17.1. The lowest BCUT2D eigenvalue weighted by molar-refractivity contribution is -0.119. The first kappa shape index (κ1) is 22.6. The quantitative estimate of drug-likeness (QED) is 0.635. The van der Waals surface area contributed by atoms with Crippen molar-refractivity contribution in [1.82, 2.24) is 4.72 Å². The Kier molecular flexibility index (Phi) is 8.01. The van der Waals surface area contributed by atoms with E-state index in [1.54, 1.807) is 18.9 Å². The number of methoxy groups -OCH3 is 1. The normalized spacial score (nSPS) is 27.9. The molecule has 0 spiro atoms. The van der Waals surface area contributed by atoms with E-state index in [9.17, 15) is 13.2 Å². The van der Waals surface area contributed by atoms with Crippen molar-refractivity contribution in [2.75, 3.05) is 26.6 Å². The van der Waals surface area contributed by atoms with Gasteiger partial charge in [-0.2, -0.15) is 0 Å². The van der Waals surface area contributed by atoms with E-state index in [1.165, 1.54) is 11.8 Å². The van der Waals surface area contributed by atoms with Crippen LogP contribution >= 0.6 is 11.8 Å². The maximum atomic E-state index is 12.4. The number of thioether (sulfide) groups is 1. The van der Waals surface area contributed by atoms with Gasteiger partial charge in [0.15, 0.2) is 0 Å². The largest absolute Gasteiger partial charge is 0.497 e. The average molecular weight is 442 g/mol. The van der Waals surface area contributed by atoms with Crippen LogP contribution in [0.2, 0.25) is 0 Å². The van der Waals surface area contributed by atoms with Gasteiger partial charge in [-0.25, -0.2) is 13.1 Å². The second-order valence-corrected chi connectivity index (χ2v) is 11.4. The van der Waals surface area contributed by atoms with Gasteiger partial charge >= 0.3 is 0 Å². The van der Waals surface area contributed by atoms with Gasteiger partial charge in [0.25, 0.3) is 0 Å². The molecule has 3 rings (SSSR count). The minimum Gasteiger partial charge on any atom is -0.497 e. The van der Waals surface area contributed by atoms with Gasteiger partial charge in [0.05, 0.1) is 25.2 Å². The van der Waals surface area contributed by atoms with Crippen molar-refractivity contribution in [3.8, 4) is 5.75 Å². The van der Waals surface area contributed by atoms with Crippen LogP contribution in [0.4, 0.5) is 0 Å². The highest BCUT2D eigenvalue weighted by Crippen LogP contribution is 2.34. The number of benzene rings is 1. The molecular weight excluding hydrogens is 410 g/mol. The van der Waals surface area contributed by atoms with Crippen LogP contribution in [-0.4, -0.2) is 57.3 Å². The molecule has 1 heterocycles. The fourth-order valence-electron chi connectivity index (χ4n) is 4.12. The molecule has 1 aliphatic carbocycles. The summed E-state index contributed by atoms with van der Waals surface area (Å²) in [5.41, 5.74) is 1.19. The second-order valence-electron chi connectivity index (χ2n) is 8.12. The Morgan fingerprint density at radius 3 is 2.62 bits per heavy atom. The number of Topliss-reactive ketones (excluding diaryl/α,β-unsaturated/α-hetero) is 1. The van der Waals surface area contributed by atoms with E-state index < -0.39 is 10.0 Å². The van der Waals surface area contributed by atoms with Crippen molar-refractivity contribution in [3.05, 3.63) is 29.8 Å². The number of carbonyl (C=O) groups is 1. The fourth-order valence-corrected chi connectivity index (χ4v) is 6.40. The summed E-state index contributed by atoms with van der Waals surface area (Å²) in [6.07, 6.45) is 6.27. The topological polar surface area (TPSA) is 81.7 Å². The Balaban J connectivity index is 1.37. The molecule has 1 aromatic carbocycles. The van der Waals surface area contributed by atoms with Gasteiger partial charge in [-0.05, 0) is 55.7 Å². The molecule has 2 aliphatic rings. The molecule has 29 heavy (non-hydrogen) atoms. The van der Waals surface area contributed by atoms with Crippen molar-refractivity contribution in [2.24, 2.45) is 5.92 Å². The Bertz CT molecular complexity index is 790. The maximum Gasteiger partial charge on any atom is 0.208 e. The Labute approximate surface area is 178 Å². The van der Waals surface area contributed by atoms with Crippen LogP contribution in [-0.2, 0) is 26.0 Å². The van der Waals surface area contributed by atoms with Gasteiger partial charge in [0.1, 0.15) is 11.5 Å². The van der Waals surface area contributed by atoms with Gasteiger partial charge in [-0.3, -0.25) is 4.79 Å². The van der Waals surface area contributed by atoms with E-state index in [2.05, 4.69) is 10.8 Å². The summed E-state index contributed by atoms with van der Waals surface area (Å²) in [6.45, 7) is 1.12. The van der Waals surface area contributed by atoms with Crippen LogP contribution < -0.4 is 9.46 Å². The van der Waals surface area contributed by atoms with Gasteiger partial charge in [0.2, 0.25) is 10.0 Å². The number of rotatable bonds is 9. The van der Waals surface area contributed by atoms with Gasteiger partial charge < -0.3 is 9.47 Å². The Morgan fingerprint density at radius 1 is 1.17 bits per heavy atom. The summed E-state index contributed by atoms with van der Waals surface area (Å²) in [6, 6.07) is 8.07. The van der Waals surface area contributed by atoms with Crippen molar-refractivity contribution < 1.29 is 22.7 Å². The molecule has 0 radical (unpaired) electrons. The van der Waals surface area contributed by atoms with Crippen molar-refractivity contribution in [3.63, 3.8) is 0 Å². The number of nitrogens with one attached hydrogen (secondary N) is 1. The lowest BCUT2D eigenvalue weighted by Crippen LogP contribution is -2.37. The molecule has 1 aliphatic heterocycles. The summed E-state index contributed by atoms with van der Waals surface area (Å²) in [7, 11) is -1.47. The van der Waals surface area contributed by atoms with Gasteiger partial charge in [-0.1, -0.05) is 12.1 Å².